The zero-order valence-electron chi connectivity index (χ0n) is 15.2. The molecule has 11 heteroatoms. The predicted octanol–water partition coefficient (Wildman–Crippen LogP) is 0.478. The van der Waals surface area contributed by atoms with Gasteiger partial charge >= 0.3 is 5.97 Å². The van der Waals surface area contributed by atoms with Gasteiger partial charge in [0, 0.05) is 19.8 Å². The summed E-state index contributed by atoms with van der Waals surface area (Å²) in [7, 11) is 3.34. The van der Waals surface area contributed by atoms with Gasteiger partial charge in [-0.3, -0.25) is 14.3 Å². The van der Waals surface area contributed by atoms with Crippen molar-refractivity contribution in [1.29, 1.82) is 0 Å². The number of thioether (sulfide) groups is 1. The molecule has 0 saturated carbocycles. The largest absolute Gasteiger partial charge is 0.479 e. The lowest BCUT2D eigenvalue weighted by molar-refractivity contribution is -0.143. The highest BCUT2D eigenvalue weighted by atomic mass is 32.2. The summed E-state index contributed by atoms with van der Waals surface area (Å²) in [5.74, 6) is 0.440. The second-order valence-corrected chi connectivity index (χ2v) is 6.09. The number of methoxy groups -OCH3 is 1. The van der Waals surface area contributed by atoms with Gasteiger partial charge in [-0.1, -0.05) is 11.8 Å². The van der Waals surface area contributed by atoms with Crippen LogP contribution in [0.5, 0.6) is 5.88 Å². The van der Waals surface area contributed by atoms with Crippen LogP contribution >= 0.6 is 11.8 Å². The molecule has 2 heterocycles. The van der Waals surface area contributed by atoms with Crippen LogP contribution in [0.25, 0.3) is 11.4 Å². The van der Waals surface area contributed by atoms with Crippen LogP contribution in [0.4, 0.5) is 0 Å². The summed E-state index contributed by atoms with van der Waals surface area (Å²) >= 11 is 1.24. The van der Waals surface area contributed by atoms with Crippen molar-refractivity contribution in [3.05, 3.63) is 6.20 Å². The lowest BCUT2D eigenvalue weighted by Crippen LogP contribution is -2.31. The average molecular weight is 382 g/mol. The maximum atomic E-state index is 11.9. The maximum absolute atomic E-state index is 11.9. The van der Waals surface area contributed by atoms with E-state index in [0.717, 1.165) is 5.56 Å². The van der Waals surface area contributed by atoms with Crippen molar-refractivity contribution < 1.29 is 19.1 Å². The van der Waals surface area contributed by atoms with Crippen molar-refractivity contribution in [3.8, 4) is 17.3 Å². The molecule has 2 aromatic rings. The SMILES string of the molecule is CCOC(=O)CNC(=O)CSc1nnc(-c2cn(C)nc2OC)n1CC. The van der Waals surface area contributed by atoms with E-state index in [4.69, 9.17) is 9.47 Å². The number of aromatic nitrogens is 5. The first-order valence-electron chi connectivity index (χ1n) is 8.06. The molecule has 10 nitrogen and oxygen atoms in total. The second kappa shape index (κ2) is 9.22. The molecule has 142 valence electrons. The van der Waals surface area contributed by atoms with E-state index in [9.17, 15) is 9.59 Å². The molecular weight excluding hydrogens is 360 g/mol. The Hall–Kier alpha value is -2.56. The molecule has 0 aliphatic rings. The van der Waals surface area contributed by atoms with Crippen molar-refractivity contribution >= 4 is 23.6 Å². The molecule has 0 aliphatic heterocycles. The summed E-state index contributed by atoms with van der Waals surface area (Å²) in [5.41, 5.74) is 0.725. The lowest BCUT2D eigenvalue weighted by Gasteiger charge is -2.07. The van der Waals surface area contributed by atoms with Crippen LogP contribution in [0.3, 0.4) is 0 Å². The first-order chi connectivity index (χ1) is 12.5. The van der Waals surface area contributed by atoms with Gasteiger partial charge in [0.05, 0.1) is 19.5 Å². The molecule has 2 aromatic heterocycles. The minimum atomic E-state index is -0.464. The highest BCUT2D eigenvalue weighted by Gasteiger charge is 2.20. The summed E-state index contributed by atoms with van der Waals surface area (Å²) in [6.07, 6.45) is 1.80. The number of carbonyl (C=O) groups excluding carboxylic acids is 2. The number of nitrogens with zero attached hydrogens (tertiary/aromatic N) is 5. The fourth-order valence-electron chi connectivity index (χ4n) is 2.22. The molecule has 1 amide bonds. The van der Waals surface area contributed by atoms with Crippen molar-refractivity contribution in [1.82, 2.24) is 29.9 Å². The second-order valence-electron chi connectivity index (χ2n) is 5.15. The zero-order valence-corrected chi connectivity index (χ0v) is 16.0. The Morgan fingerprint density at radius 1 is 1.31 bits per heavy atom. The van der Waals surface area contributed by atoms with E-state index >= 15 is 0 Å². The fraction of sp³-hybridized carbons (Fsp3) is 0.533. The molecule has 0 saturated heterocycles. The smallest absolute Gasteiger partial charge is 0.325 e. The number of hydrogen-bond acceptors (Lipinski definition) is 8. The van der Waals surface area contributed by atoms with Crippen LogP contribution in [0.1, 0.15) is 13.8 Å². The van der Waals surface area contributed by atoms with E-state index in [0.29, 0.717) is 23.4 Å². The Labute approximate surface area is 155 Å². The molecule has 2 rings (SSSR count). The third-order valence-corrected chi connectivity index (χ3v) is 4.30. The molecule has 0 aliphatic carbocycles. The highest BCUT2D eigenvalue weighted by molar-refractivity contribution is 7.99. The number of nitrogens with one attached hydrogen (secondary N) is 1. The molecule has 0 bridgehead atoms. The van der Waals surface area contributed by atoms with Crippen LogP contribution in [-0.2, 0) is 27.9 Å². The first-order valence-corrected chi connectivity index (χ1v) is 9.05. The monoisotopic (exact) mass is 382 g/mol. The molecule has 0 unspecified atom stereocenters. The summed E-state index contributed by atoms with van der Waals surface area (Å²) in [4.78, 5) is 23.1. The molecule has 26 heavy (non-hydrogen) atoms. The van der Waals surface area contributed by atoms with Gasteiger partial charge in [-0.25, -0.2) is 0 Å². The fourth-order valence-corrected chi connectivity index (χ4v) is 3.05. The Morgan fingerprint density at radius 2 is 2.08 bits per heavy atom. The molecule has 0 aromatic carbocycles. The maximum Gasteiger partial charge on any atom is 0.325 e. The summed E-state index contributed by atoms with van der Waals surface area (Å²) in [6, 6.07) is 0. The van der Waals surface area contributed by atoms with E-state index in [1.807, 2.05) is 11.5 Å². The van der Waals surface area contributed by atoms with Crippen molar-refractivity contribution in [2.24, 2.45) is 7.05 Å². The van der Waals surface area contributed by atoms with Crippen molar-refractivity contribution in [2.45, 2.75) is 25.5 Å². The van der Waals surface area contributed by atoms with Crippen LogP contribution in [0.2, 0.25) is 0 Å². The van der Waals surface area contributed by atoms with E-state index in [-0.39, 0.29) is 24.8 Å². The van der Waals surface area contributed by atoms with Gasteiger partial charge in [0.2, 0.25) is 11.8 Å². The number of esters is 1. The Balaban J connectivity index is 2.04. The minimum Gasteiger partial charge on any atom is -0.479 e. The normalized spacial score (nSPS) is 10.6. The number of aryl methyl sites for hydroxylation is 1. The van der Waals surface area contributed by atoms with E-state index in [1.165, 1.54) is 11.8 Å². The standard InChI is InChI=1S/C15H22N6O4S/c1-5-21-13(10-8-20(3)19-14(10)24-4)17-18-15(21)26-9-11(22)16-7-12(23)25-6-2/h8H,5-7,9H2,1-4H3,(H,16,22). The van der Waals surface area contributed by atoms with Gasteiger partial charge in [0.15, 0.2) is 11.0 Å². The topological polar surface area (TPSA) is 113 Å². The van der Waals surface area contributed by atoms with Gasteiger partial charge in [0.1, 0.15) is 12.1 Å². The molecule has 0 spiro atoms. The molecule has 0 radical (unpaired) electrons. The molecule has 1 N–H and O–H groups in total. The predicted molar refractivity (Wildman–Crippen MR) is 94.8 cm³/mol. The van der Waals surface area contributed by atoms with Gasteiger partial charge in [-0.2, -0.15) is 0 Å². The van der Waals surface area contributed by atoms with Crippen molar-refractivity contribution in [3.63, 3.8) is 0 Å². The average Bonchev–Trinajstić information content (AvgIpc) is 3.20. The molecular formula is C15H22N6O4S. The lowest BCUT2D eigenvalue weighted by atomic mass is 10.3. The summed E-state index contributed by atoms with van der Waals surface area (Å²) in [5, 5.41) is 15.7. The first kappa shape index (κ1) is 19.8. The summed E-state index contributed by atoms with van der Waals surface area (Å²) < 4.78 is 13.6. The number of amides is 1. The Bertz CT molecular complexity index is 772. The van der Waals surface area contributed by atoms with Gasteiger partial charge in [-0.15, -0.1) is 15.3 Å². The highest BCUT2D eigenvalue weighted by Crippen LogP contribution is 2.29. The molecule has 0 fully saturated rings. The van der Waals surface area contributed by atoms with Gasteiger partial charge in [0.25, 0.3) is 0 Å². The van der Waals surface area contributed by atoms with Crippen LogP contribution in [0, 0.1) is 0 Å². The van der Waals surface area contributed by atoms with Gasteiger partial charge in [-0.05, 0) is 13.8 Å². The van der Waals surface area contributed by atoms with E-state index < -0.39 is 5.97 Å². The van der Waals surface area contributed by atoms with Crippen molar-refractivity contribution in [2.75, 3.05) is 26.0 Å². The Morgan fingerprint density at radius 3 is 2.73 bits per heavy atom. The third kappa shape index (κ3) is 4.75. The minimum absolute atomic E-state index is 0.113. The van der Waals surface area contributed by atoms with E-state index in [1.54, 1.807) is 32.0 Å². The summed E-state index contributed by atoms with van der Waals surface area (Å²) in [6.45, 7) is 4.42. The van der Waals surface area contributed by atoms with Crippen LogP contribution in [0.15, 0.2) is 11.4 Å². The number of carbonyl (C=O) groups is 2. The van der Waals surface area contributed by atoms with Crippen LogP contribution in [-0.4, -0.2) is 62.4 Å². The van der Waals surface area contributed by atoms with E-state index in [2.05, 4.69) is 20.6 Å². The zero-order chi connectivity index (χ0) is 19.1. The third-order valence-electron chi connectivity index (χ3n) is 3.33. The Kier molecular flexibility index (Phi) is 7.01. The number of ether oxygens (including phenoxy) is 2. The quantitative estimate of drug-likeness (QED) is 0.492. The number of hydrogen-bond donors (Lipinski definition) is 1. The number of rotatable bonds is 9. The van der Waals surface area contributed by atoms with Gasteiger partial charge < -0.3 is 19.4 Å². The van der Waals surface area contributed by atoms with Crippen LogP contribution < -0.4 is 10.1 Å². The molecule has 0 atom stereocenters.